The van der Waals surface area contributed by atoms with Crippen LogP contribution in [-0.2, 0) is 13.1 Å². The molecule has 0 radical (unpaired) electrons. The first kappa shape index (κ1) is 16.8. The summed E-state index contributed by atoms with van der Waals surface area (Å²) in [5, 5.41) is 0. The lowest BCUT2D eigenvalue weighted by atomic mass is 10.1. The highest BCUT2D eigenvalue weighted by Crippen LogP contribution is 2.21. The molecule has 0 heterocycles. The van der Waals surface area contributed by atoms with Gasteiger partial charge < -0.3 is 10.6 Å². The summed E-state index contributed by atoms with van der Waals surface area (Å²) in [7, 11) is 0. The molecule has 0 aliphatic carbocycles. The number of benzene rings is 3. The standard InChI is InChI=1S/C22H22N2O/c1-17-7-13-21(14-8-17)24(15-18-5-3-2-4-6-18)16-19-9-11-20(12-10-19)22(23)25/h2-14H,15-16H2,1H3,(H2,23,25). The van der Waals surface area contributed by atoms with E-state index in [2.05, 4.69) is 60.4 Å². The second-order valence-corrected chi connectivity index (χ2v) is 6.24. The van der Waals surface area contributed by atoms with Crippen LogP contribution in [0, 0.1) is 6.92 Å². The molecule has 3 aromatic rings. The van der Waals surface area contributed by atoms with Crippen LogP contribution in [0.15, 0.2) is 78.9 Å². The van der Waals surface area contributed by atoms with E-state index >= 15 is 0 Å². The Morgan fingerprint density at radius 1 is 0.800 bits per heavy atom. The highest BCUT2D eigenvalue weighted by molar-refractivity contribution is 5.92. The number of hydrogen-bond donors (Lipinski definition) is 1. The molecule has 0 aliphatic rings. The monoisotopic (exact) mass is 330 g/mol. The van der Waals surface area contributed by atoms with E-state index in [1.54, 1.807) is 12.1 Å². The normalized spacial score (nSPS) is 10.4. The fourth-order valence-corrected chi connectivity index (χ4v) is 2.79. The van der Waals surface area contributed by atoms with Gasteiger partial charge in [0.15, 0.2) is 0 Å². The average molecular weight is 330 g/mol. The van der Waals surface area contributed by atoms with Crippen molar-refractivity contribution in [3.8, 4) is 0 Å². The maximum atomic E-state index is 11.2. The van der Waals surface area contributed by atoms with Crippen molar-refractivity contribution in [1.29, 1.82) is 0 Å². The Kier molecular flexibility index (Phi) is 5.14. The molecular weight excluding hydrogens is 308 g/mol. The smallest absolute Gasteiger partial charge is 0.248 e. The number of rotatable bonds is 6. The van der Waals surface area contributed by atoms with Crippen LogP contribution in [0.2, 0.25) is 0 Å². The zero-order valence-corrected chi connectivity index (χ0v) is 14.4. The van der Waals surface area contributed by atoms with E-state index in [4.69, 9.17) is 5.73 Å². The largest absolute Gasteiger partial charge is 0.366 e. The van der Waals surface area contributed by atoms with Gasteiger partial charge in [0, 0.05) is 24.3 Å². The first-order valence-corrected chi connectivity index (χ1v) is 8.36. The molecule has 0 bridgehead atoms. The topological polar surface area (TPSA) is 46.3 Å². The third-order valence-corrected chi connectivity index (χ3v) is 4.23. The van der Waals surface area contributed by atoms with Gasteiger partial charge in [0.05, 0.1) is 0 Å². The minimum absolute atomic E-state index is 0.397. The highest BCUT2D eigenvalue weighted by atomic mass is 16.1. The molecule has 3 rings (SSSR count). The second kappa shape index (κ2) is 7.67. The third kappa shape index (κ3) is 4.48. The summed E-state index contributed by atoms with van der Waals surface area (Å²) < 4.78 is 0. The molecule has 3 nitrogen and oxygen atoms in total. The van der Waals surface area contributed by atoms with Crippen molar-refractivity contribution in [2.45, 2.75) is 20.0 Å². The molecule has 0 aromatic heterocycles. The summed E-state index contributed by atoms with van der Waals surface area (Å²) >= 11 is 0. The number of amides is 1. The van der Waals surface area contributed by atoms with E-state index in [1.807, 2.05) is 18.2 Å². The number of nitrogens with zero attached hydrogens (tertiary/aromatic N) is 1. The molecule has 0 fully saturated rings. The van der Waals surface area contributed by atoms with E-state index in [0.717, 1.165) is 18.7 Å². The minimum atomic E-state index is -0.397. The fraction of sp³-hybridized carbons (Fsp3) is 0.136. The van der Waals surface area contributed by atoms with Crippen molar-refractivity contribution < 1.29 is 4.79 Å². The Labute approximate surface area is 148 Å². The second-order valence-electron chi connectivity index (χ2n) is 6.24. The van der Waals surface area contributed by atoms with Gasteiger partial charge in [0.25, 0.3) is 0 Å². The number of aryl methyl sites for hydroxylation is 1. The maximum absolute atomic E-state index is 11.2. The summed E-state index contributed by atoms with van der Waals surface area (Å²) in [6.07, 6.45) is 0. The molecule has 0 saturated carbocycles. The van der Waals surface area contributed by atoms with Gasteiger partial charge in [-0.3, -0.25) is 4.79 Å². The van der Waals surface area contributed by atoms with Gasteiger partial charge in [-0.05, 0) is 42.3 Å². The molecule has 2 N–H and O–H groups in total. The van der Waals surface area contributed by atoms with Crippen LogP contribution in [0.1, 0.15) is 27.0 Å². The lowest BCUT2D eigenvalue weighted by Crippen LogP contribution is -2.22. The van der Waals surface area contributed by atoms with Crippen LogP contribution in [0.5, 0.6) is 0 Å². The van der Waals surface area contributed by atoms with E-state index in [1.165, 1.54) is 16.8 Å². The Bertz CT molecular complexity index is 824. The highest BCUT2D eigenvalue weighted by Gasteiger charge is 2.09. The van der Waals surface area contributed by atoms with Gasteiger partial charge in [0.1, 0.15) is 0 Å². The molecule has 0 unspecified atom stereocenters. The van der Waals surface area contributed by atoms with Gasteiger partial charge in [-0.1, -0.05) is 60.2 Å². The van der Waals surface area contributed by atoms with Crippen molar-refractivity contribution in [3.05, 3.63) is 101 Å². The van der Waals surface area contributed by atoms with Gasteiger partial charge in [-0.15, -0.1) is 0 Å². The number of carbonyl (C=O) groups is 1. The summed E-state index contributed by atoms with van der Waals surface area (Å²) in [5.41, 5.74) is 10.7. The van der Waals surface area contributed by atoms with Gasteiger partial charge in [-0.2, -0.15) is 0 Å². The predicted octanol–water partition coefficient (Wildman–Crippen LogP) is 4.30. The van der Waals surface area contributed by atoms with Crippen molar-refractivity contribution in [3.63, 3.8) is 0 Å². The Morgan fingerprint density at radius 2 is 1.36 bits per heavy atom. The molecular formula is C22H22N2O. The van der Waals surface area contributed by atoms with Gasteiger partial charge in [-0.25, -0.2) is 0 Å². The molecule has 0 atom stereocenters. The van der Waals surface area contributed by atoms with Crippen molar-refractivity contribution in [2.75, 3.05) is 4.90 Å². The van der Waals surface area contributed by atoms with Crippen molar-refractivity contribution in [1.82, 2.24) is 0 Å². The zero-order chi connectivity index (χ0) is 17.6. The SMILES string of the molecule is Cc1ccc(N(Cc2ccccc2)Cc2ccc(C(N)=O)cc2)cc1. The minimum Gasteiger partial charge on any atom is -0.366 e. The lowest BCUT2D eigenvalue weighted by Gasteiger charge is -2.25. The van der Waals surface area contributed by atoms with E-state index in [-0.39, 0.29) is 0 Å². The van der Waals surface area contributed by atoms with Crippen LogP contribution in [0.3, 0.4) is 0 Å². The maximum Gasteiger partial charge on any atom is 0.248 e. The molecule has 0 saturated heterocycles. The fourth-order valence-electron chi connectivity index (χ4n) is 2.79. The van der Waals surface area contributed by atoms with E-state index < -0.39 is 5.91 Å². The Morgan fingerprint density at radius 3 is 1.92 bits per heavy atom. The Balaban J connectivity index is 1.85. The number of anilines is 1. The van der Waals surface area contributed by atoms with Crippen molar-refractivity contribution in [2.24, 2.45) is 5.73 Å². The van der Waals surface area contributed by atoms with Crippen LogP contribution in [0.25, 0.3) is 0 Å². The summed E-state index contributed by atoms with van der Waals surface area (Å²) in [5.74, 6) is -0.397. The Hall–Kier alpha value is -3.07. The number of nitrogens with two attached hydrogens (primary N) is 1. The van der Waals surface area contributed by atoms with Crippen molar-refractivity contribution >= 4 is 11.6 Å². The summed E-state index contributed by atoms with van der Waals surface area (Å²) in [6, 6.07) is 26.5. The first-order chi connectivity index (χ1) is 12.1. The first-order valence-electron chi connectivity index (χ1n) is 8.36. The average Bonchev–Trinajstić information content (AvgIpc) is 2.63. The van der Waals surface area contributed by atoms with E-state index in [0.29, 0.717) is 5.56 Å². The quantitative estimate of drug-likeness (QED) is 0.732. The number of primary amides is 1. The van der Waals surface area contributed by atoms with Gasteiger partial charge >= 0.3 is 0 Å². The van der Waals surface area contributed by atoms with Crippen LogP contribution < -0.4 is 10.6 Å². The van der Waals surface area contributed by atoms with Crippen LogP contribution >= 0.6 is 0 Å². The van der Waals surface area contributed by atoms with Gasteiger partial charge in [0.2, 0.25) is 5.91 Å². The summed E-state index contributed by atoms with van der Waals surface area (Å²) in [6.45, 7) is 3.67. The molecule has 1 amide bonds. The molecule has 0 aliphatic heterocycles. The zero-order valence-electron chi connectivity index (χ0n) is 14.4. The number of carbonyl (C=O) groups excluding carboxylic acids is 1. The van der Waals surface area contributed by atoms with E-state index in [9.17, 15) is 4.79 Å². The summed E-state index contributed by atoms with van der Waals surface area (Å²) in [4.78, 5) is 13.6. The molecule has 3 heteroatoms. The molecule has 3 aromatic carbocycles. The molecule has 126 valence electrons. The van der Waals surface area contributed by atoms with Crippen LogP contribution in [-0.4, -0.2) is 5.91 Å². The van der Waals surface area contributed by atoms with Crippen LogP contribution in [0.4, 0.5) is 5.69 Å². The lowest BCUT2D eigenvalue weighted by molar-refractivity contribution is 0.100. The molecule has 0 spiro atoms. The third-order valence-electron chi connectivity index (χ3n) is 4.23. The number of hydrogen-bond acceptors (Lipinski definition) is 2. The predicted molar refractivity (Wildman–Crippen MR) is 102 cm³/mol. The molecule has 25 heavy (non-hydrogen) atoms.